The Morgan fingerprint density at radius 2 is 0.758 bits per heavy atom. The third kappa shape index (κ3) is 13.4. The lowest BCUT2D eigenvalue weighted by atomic mass is 9.84. The molecule has 4 bridgehead atoms. The molecule has 0 saturated heterocycles. The number of ether oxygens (including phenoxy) is 12. The molecular formula is C50H58O12. The second kappa shape index (κ2) is 25.4. The standard InChI is InChI=1S/C50H58O12/c1-51-43-15-9-37(10-16-43)49(38-11-17-44(52-2)18-12-38)50-39-13-19-45(53-3)41(33-39)35-59-27-25-55-21-23-57-29-31-61-47-7-5-6-8-48(47)62-32-30-58-24-22-56-26-28-60-36-42-34-40(50)14-20-46(42)54-4/h5-20,33-34H,21-32,35-36H2,1-4H3. The van der Waals surface area contributed by atoms with Crippen molar-refractivity contribution in [1.82, 2.24) is 0 Å². The Kier molecular flexibility index (Phi) is 18.8. The van der Waals surface area contributed by atoms with Crippen molar-refractivity contribution in [2.75, 3.05) is 108 Å². The van der Waals surface area contributed by atoms with Crippen LogP contribution in [-0.2, 0) is 41.6 Å². The Hall–Kier alpha value is -5.60. The molecule has 0 N–H and O–H groups in total. The van der Waals surface area contributed by atoms with Gasteiger partial charge in [0.15, 0.2) is 11.5 Å². The van der Waals surface area contributed by atoms with E-state index in [4.69, 9.17) is 56.8 Å². The summed E-state index contributed by atoms with van der Waals surface area (Å²) in [7, 11) is 6.67. The largest absolute Gasteiger partial charge is 0.497 e. The number of hydrogen-bond acceptors (Lipinski definition) is 12. The van der Waals surface area contributed by atoms with Crippen molar-refractivity contribution in [3.05, 3.63) is 143 Å². The van der Waals surface area contributed by atoms with Gasteiger partial charge in [0.1, 0.15) is 36.2 Å². The third-order valence-electron chi connectivity index (χ3n) is 9.97. The molecule has 0 aliphatic carbocycles. The molecule has 1 aliphatic rings. The quantitative estimate of drug-likeness (QED) is 0.164. The van der Waals surface area contributed by atoms with Crippen LogP contribution in [0.3, 0.4) is 0 Å². The summed E-state index contributed by atoms with van der Waals surface area (Å²) < 4.78 is 70.1. The fourth-order valence-corrected chi connectivity index (χ4v) is 6.87. The summed E-state index contributed by atoms with van der Waals surface area (Å²) in [6, 6.07) is 36.1. The summed E-state index contributed by atoms with van der Waals surface area (Å²) in [5, 5.41) is 0. The van der Waals surface area contributed by atoms with Gasteiger partial charge in [0.2, 0.25) is 0 Å². The van der Waals surface area contributed by atoms with Crippen molar-refractivity contribution in [3.63, 3.8) is 0 Å². The Balaban J connectivity index is 1.30. The number of fused-ring (bicyclic) bond motifs is 5. The van der Waals surface area contributed by atoms with Crippen LogP contribution in [0.4, 0.5) is 0 Å². The van der Waals surface area contributed by atoms with E-state index in [-0.39, 0.29) is 0 Å². The molecule has 0 radical (unpaired) electrons. The van der Waals surface area contributed by atoms with Gasteiger partial charge < -0.3 is 56.8 Å². The highest BCUT2D eigenvalue weighted by Gasteiger charge is 2.20. The number of rotatable bonds is 6. The zero-order valence-electron chi connectivity index (χ0n) is 36.2. The molecule has 0 aromatic heterocycles. The maximum atomic E-state index is 6.17. The molecule has 0 fully saturated rings. The summed E-state index contributed by atoms with van der Waals surface area (Å²) in [5.74, 6) is 4.25. The molecule has 0 unspecified atom stereocenters. The molecule has 0 amide bonds. The van der Waals surface area contributed by atoms with E-state index in [2.05, 4.69) is 48.5 Å². The van der Waals surface area contributed by atoms with Crippen molar-refractivity contribution in [1.29, 1.82) is 0 Å². The lowest BCUT2D eigenvalue weighted by Gasteiger charge is -2.21. The first-order valence-corrected chi connectivity index (χ1v) is 20.8. The zero-order chi connectivity index (χ0) is 43.2. The summed E-state index contributed by atoms with van der Waals surface area (Å²) in [4.78, 5) is 0. The molecule has 12 heteroatoms. The first-order chi connectivity index (χ1) is 30.6. The van der Waals surface area contributed by atoms with Gasteiger partial charge in [-0.3, -0.25) is 0 Å². The molecule has 6 rings (SSSR count). The van der Waals surface area contributed by atoms with Crippen LogP contribution >= 0.6 is 0 Å². The Morgan fingerprint density at radius 1 is 0.387 bits per heavy atom. The topological polar surface area (TPSA) is 111 Å². The number of benzene rings is 5. The van der Waals surface area contributed by atoms with E-state index in [1.165, 1.54) is 0 Å². The second-order valence-corrected chi connectivity index (χ2v) is 14.0. The number of methoxy groups -OCH3 is 4. The van der Waals surface area contributed by atoms with Gasteiger partial charge in [-0.25, -0.2) is 0 Å². The van der Waals surface area contributed by atoms with E-state index in [1.807, 2.05) is 60.7 Å². The van der Waals surface area contributed by atoms with Gasteiger partial charge in [0, 0.05) is 11.1 Å². The number of hydrogen-bond donors (Lipinski definition) is 0. The van der Waals surface area contributed by atoms with Crippen LogP contribution in [0.15, 0.2) is 109 Å². The molecule has 5 aromatic rings. The fraction of sp³-hybridized carbons (Fsp3) is 0.360. The zero-order valence-corrected chi connectivity index (χ0v) is 36.2. The SMILES string of the molecule is COc1ccc(C(=C2c3ccc(OC)c(c3)COCCOCCOCCOc3ccccc3OCCOCCOCCOCc3cc2ccc3OC)c2ccc(OC)cc2)cc1. The summed E-state index contributed by atoms with van der Waals surface area (Å²) in [5.41, 5.74) is 7.67. The minimum Gasteiger partial charge on any atom is -0.497 e. The van der Waals surface area contributed by atoms with Gasteiger partial charge in [-0.2, -0.15) is 0 Å². The van der Waals surface area contributed by atoms with Crippen molar-refractivity contribution in [3.8, 4) is 34.5 Å². The fourth-order valence-electron chi connectivity index (χ4n) is 6.87. The van der Waals surface area contributed by atoms with Gasteiger partial charge in [0.05, 0.1) is 108 Å². The van der Waals surface area contributed by atoms with Crippen LogP contribution in [0.1, 0.15) is 33.4 Å². The molecule has 1 heterocycles. The van der Waals surface area contributed by atoms with Crippen molar-refractivity contribution in [2.24, 2.45) is 0 Å². The minimum absolute atomic E-state index is 0.309. The highest BCUT2D eigenvalue weighted by Crippen LogP contribution is 2.40. The predicted octanol–water partition coefficient (Wildman–Crippen LogP) is 8.30. The lowest BCUT2D eigenvalue weighted by molar-refractivity contribution is 0.00437. The van der Waals surface area contributed by atoms with E-state index in [0.29, 0.717) is 115 Å². The van der Waals surface area contributed by atoms with E-state index >= 15 is 0 Å². The smallest absolute Gasteiger partial charge is 0.161 e. The molecule has 0 atom stereocenters. The van der Waals surface area contributed by atoms with Crippen LogP contribution in [0.5, 0.6) is 34.5 Å². The van der Waals surface area contributed by atoms with Gasteiger partial charge in [-0.15, -0.1) is 0 Å². The Morgan fingerprint density at radius 3 is 1.13 bits per heavy atom. The lowest BCUT2D eigenvalue weighted by Crippen LogP contribution is -2.14. The maximum Gasteiger partial charge on any atom is 0.161 e. The van der Waals surface area contributed by atoms with Crippen LogP contribution < -0.4 is 28.4 Å². The first-order valence-electron chi connectivity index (χ1n) is 20.8. The molecule has 0 saturated carbocycles. The first kappa shape index (κ1) is 45.9. The highest BCUT2D eigenvalue weighted by molar-refractivity contribution is 6.05. The molecule has 5 aromatic carbocycles. The van der Waals surface area contributed by atoms with Crippen molar-refractivity contribution < 1.29 is 56.8 Å². The Bertz CT molecular complexity index is 1970. The average Bonchev–Trinajstić information content (AvgIpc) is 3.31. The summed E-state index contributed by atoms with van der Waals surface area (Å²) in [6.07, 6.45) is 0. The van der Waals surface area contributed by atoms with Crippen LogP contribution in [0.25, 0.3) is 11.1 Å². The molecule has 12 nitrogen and oxygen atoms in total. The molecular weight excluding hydrogens is 793 g/mol. The van der Waals surface area contributed by atoms with Gasteiger partial charge in [-0.1, -0.05) is 48.5 Å². The van der Waals surface area contributed by atoms with Crippen LogP contribution in [0.2, 0.25) is 0 Å². The summed E-state index contributed by atoms with van der Waals surface area (Å²) >= 11 is 0. The van der Waals surface area contributed by atoms with Crippen molar-refractivity contribution in [2.45, 2.75) is 13.2 Å². The van der Waals surface area contributed by atoms with Crippen LogP contribution in [0, 0.1) is 0 Å². The monoisotopic (exact) mass is 850 g/mol. The highest BCUT2D eigenvalue weighted by atomic mass is 16.6. The molecule has 0 spiro atoms. The van der Waals surface area contributed by atoms with E-state index in [0.717, 1.165) is 56.0 Å². The summed E-state index contributed by atoms with van der Waals surface area (Å²) in [6.45, 7) is 5.47. The predicted molar refractivity (Wildman–Crippen MR) is 237 cm³/mol. The molecule has 330 valence electrons. The van der Waals surface area contributed by atoms with E-state index in [9.17, 15) is 0 Å². The second-order valence-electron chi connectivity index (χ2n) is 14.0. The normalized spacial score (nSPS) is 15.6. The number of para-hydroxylation sites is 2. The average molecular weight is 851 g/mol. The van der Waals surface area contributed by atoms with Crippen LogP contribution in [-0.4, -0.2) is 108 Å². The van der Waals surface area contributed by atoms with Gasteiger partial charge in [-0.05, 0) is 94.1 Å². The van der Waals surface area contributed by atoms with Crippen molar-refractivity contribution >= 4 is 11.1 Å². The minimum atomic E-state index is 0.309. The van der Waals surface area contributed by atoms with E-state index in [1.54, 1.807) is 28.4 Å². The Labute approximate surface area is 365 Å². The van der Waals surface area contributed by atoms with E-state index < -0.39 is 0 Å². The molecule has 62 heavy (non-hydrogen) atoms. The van der Waals surface area contributed by atoms with Gasteiger partial charge >= 0.3 is 0 Å². The van der Waals surface area contributed by atoms with Gasteiger partial charge in [0.25, 0.3) is 0 Å². The third-order valence-corrected chi connectivity index (χ3v) is 9.97. The maximum absolute atomic E-state index is 6.17. The molecule has 1 aliphatic heterocycles.